The van der Waals surface area contributed by atoms with E-state index in [9.17, 15) is 22.8 Å². The van der Waals surface area contributed by atoms with Crippen LogP contribution in [-0.4, -0.2) is 43.1 Å². The summed E-state index contributed by atoms with van der Waals surface area (Å²) in [5.41, 5.74) is 0.261. The molecule has 1 aliphatic carbocycles. The van der Waals surface area contributed by atoms with Crippen LogP contribution in [0.5, 0.6) is 0 Å². The minimum Gasteiger partial charge on any atom is -0.322 e. The second-order valence-electron chi connectivity index (χ2n) is 7.81. The van der Waals surface area contributed by atoms with Crippen molar-refractivity contribution in [3.8, 4) is 0 Å². The fraction of sp³-hybridized carbons (Fsp3) is 0.381. The van der Waals surface area contributed by atoms with Gasteiger partial charge in [0, 0.05) is 6.04 Å². The third kappa shape index (κ3) is 4.28. The van der Waals surface area contributed by atoms with Gasteiger partial charge in [0.1, 0.15) is 6.04 Å². The van der Waals surface area contributed by atoms with Crippen LogP contribution in [0, 0.1) is 0 Å². The number of hydrogen-bond acceptors (Lipinski definition) is 6. The minimum absolute atomic E-state index is 0.0881. The molecule has 1 aromatic carbocycles. The Morgan fingerprint density at radius 2 is 1.74 bits per heavy atom. The number of amides is 3. The predicted octanol–water partition coefficient (Wildman–Crippen LogP) is 2.50. The predicted molar refractivity (Wildman–Crippen MR) is 116 cm³/mol. The standard InChI is InChI=1S/C21H23N3O5S2/c22-31(28,29)16-10-8-15(9-11-16)24-19(25)13-17(20(24)26)23(14-5-2-1-3-6-14)21(27)18-7-4-12-30-18/h4,7-12,14,17H,1-3,5-6,13H2,(H2,22,28,29). The van der Waals surface area contributed by atoms with Crippen LogP contribution < -0.4 is 10.0 Å². The van der Waals surface area contributed by atoms with Crippen molar-refractivity contribution in [3.63, 3.8) is 0 Å². The topological polar surface area (TPSA) is 118 Å². The van der Waals surface area contributed by atoms with E-state index in [2.05, 4.69) is 0 Å². The average Bonchev–Trinajstić information content (AvgIpc) is 3.37. The first kappa shape index (κ1) is 21.7. The maximum atomic E-state index is 13.3. The molecule has 2 aliphatic rings. The Labute approximate surface area is 184 Å². The molecule has 1 aromatic heterocycles. The summed E-state index contributed by atoms with van der Waals surface area (Å²) < 4.78 is 23.0. The average molecular weight is 462 g/mol. The van der Waals surface area contributed by atoms with Crippen LogP contribution in [0.3, 0.4) is 0 Å². The number of nitrogens with zero attached hydrogens (tertiary/aromatic N) is 2. The number of imide groups is 1. The Morgan fingerprint density at radius 1 is 1.06 bits per heavy atom. The van der Waals surface area contributed by atoms with Gasteiger partial charge in [-0.1, -0.05) is 25.3 Å². The van der Waals surface area contributed by atoms with E-state index in [0.29, 0.717) is 4.88 Å². The molecule has 2 fully saturated rings. The fourth-order valence-electron chi connectivity index (χ4n) is 4.34. The lowest BCUT2D eigenvalue weighted by molar-refractivity contribution is -0.123. The molecule has 10 heteroatoms. The molecule has 1 saturated heterocycles. The van der Waals surface area contributed by atoms with Gasteiger partial charge >= 0.3 is 0 Å². The monoisotopic (exact) mass is 461 g/mol. The Kier molecular flexibility index (Phi) is 5.96. The Balaban J connectivity index is 1.65. The summed E-state index contributed by atoms with van der Waals surface area (Å²) in [5, 5.41) is 6.93. The molecular weight excluding hydrogens is 438 g/mol. The molecule has 4 rings (SSSR count). The second-order valence-corrected chi connectivity index (χ2v) is 10.3. The van der Waals surface area contributed by atoms with Crippen LogP contribution in [0.1, 0.15) is 48.2 Å². The highest BCUT2D eigenvalue weighted by Gasteiger charge is 2.46. The van der Waals surface area contributed by atoms with E-state index >= 15 is 0 Å². The second kappa shape index (κ2) is 8.52. The van der Waals surface area contributed by atoms with Gasteiger partial charge in [-0.3, -0.25) is 14.4 Å². The van der Waals surface area contributed by atoms with Gasteiger partial charge in [-0.2, -0.15) is 0 Å². The van der Waals surface area contributed by atoms with Gasteiger partial charge in [-0.25, -0.2) is 18.5 Å². The Bertz CT molecular complexity index is 1090. The highest BCUT2D eigenvalue weighted by molar-refractivity contribution is 7.89. The first-order valence-electron chi connectivity index (χ1n) is 10.1. The maximum Gasteiger partial charge on any atom is 0.264 e. The van der Waals surface area contributed by atoms with E-state index in [1.165, 1.54) is 35.6 Å². The summed E-state index contributed by atoms with van der Waals surface area (Å²) >= 11 is 1.32. The molecule has 2 N–H and O–H groups in total. The number of anilines is 1. The third-order valence-electron chi connectivity index (χ3n) is 5.82. The molecule has 31 heavy (non-hydrogen) atoms. The van der Waals surface area contributed by atoms with Crippen molar-refractivity contribution in [2.45, 2.75) is 55.5 Å². The van der Waals surface area contributed by atoms with Crippen molar-refractivity contribution in [1.82, 2.24) is 4.90 Å². The van der Waals surface area contributed by atoms with Crippen LogP contribution in [0.2, 0.25) is 0 Å². The van der Waals surface area contributed by atoms with Crippen LogP contribution >= 0.6 is 11.3 Å². The number of carbonyl (C=O) groups excluding carboxylic acids is 3. The number of carbonyl (C=O) groups is 3. The summed E-state index contributed by atoms with van der Waals surface area (Å²) in [6, 6.07) is 7.83. The van der Waals surface area contributed by atoms with Gasteiger partial charge in [0.25, 0.3) is 11.8 Å². The molecule has 1 atom stereocenters. The van der Waals surface area contributed by atoms with Crippen LogP contribution in [0.15, 0.2) is 46.7 Å². The van der Waals surface area contributed by atoms with E-state index in [0.717, 1.165) is 37.0 Å². The summed E-state index contributed by atoms with van der Waals surface area (Å²) in [4.78, 5) is 42.5. The quantitative estimate of drug-likeness (QED) is 0.687. The molecule has 1 saturated carbocycles. The number of primary sulfonamides is 1. The Morgan fingerprint density at radius 3 is 2.32 bits per heavy atom. The van der Waals surface area contributed by atoms with Crippen molar-refractivity contribution in [3.05, 3.63) is 46.7 Å². The van der Waals surface area contributed by atoms with Crippen molar-refractivity contribution in [1.29, 1.82) is 0 Å². The largest absolute Gasteiger partial charge is 0.322 e. The van der Waals surface area contributed by atoms with E-state index < -0.39 is 27.9 Å². The molecule has 1 aliphatic heterocycles. The lowest BCUT2D eigenvalue weighted by atomic mass is 9.92. The van der Waals surface area contributed by atoms with Gasteiger partial charge < -0.3 is 4.90 Å². The van der Waals surface area contributed by atoms with Crippen LogP contribution in [0.25, 0.3) is 0 Å². The van der Waals surface area contributed by atoms with Gasteiger partial charge in [0.15, 0.2) is 0 Å². The molecule has 0 spiro atoms. The number of hydrogen-bond donors (Lipinski definition) is 1. The van der Waals surface area contributed by atoms with Crippen molar-refractivity contribution in [2.75, 3.05) is 4.90 Å². The maximum absolute atomic E-state index is 13.3. The van der Waals surface area contributed by atoms with E-state index in [-0.39, 0.29) is 29.0 Å². The first-order valence-corrected chi connectivity index (χ1v) is 12.6. The molecule has 2 heterocycles. The molecule has 1 unspecified atom stereocenters. The normalized spacial score (nSPS) is 20.3. The van der Waals surface area contributed by atoms with Crippen molar-refractivity contribution in [2.24, 2.45) is 5.14 Å². The third-order valence-corrected chi connectivity index (χ3v) is 7.60. The summed E-state index contributed by atoms with van der Waals surface area (Å²) in [6.07, 6.45) is 4.57. The summed E-state index contributed by atoms with van der Waals surface area (Å²) in [6.45, 7) is 0. The summed E-state index contributed by atoms with van der Waals surface area (Å²) in [5.74, 6) is -1.11. The zero-order chi connectivity index (χ0) is 22.2. The van der Waals surface area contributed by atoms with E-state index in [1.54, 1.807) is 17.0 Å². The van der Waals surface area contributed by atoms with Crippen LogP contribution in [-0.2, 0) is 19.6 Å². The molecule has 164 valence electrons. The minimum atomic E-state index is -3.89. The number of thiophene rings is 1. The number of rotatable bonds is 5. The molecule has 0 radical (unpaired) electrons. The SMILES string of the molecule is NS(=O)(=O)c1ccc(N2C(=O)CC(N(C(=O)c3cccs3)C3CCCCC3)C2=O)cc1. The highest BCUT2D eigenvalue weighted by atomic mass is 32.2. The van der Waals surface area contributed by atoms with Gasteiger partial charge in [0.05, 0.1) is 21.9 Å². The molecule has 0 bridgehead atoms. The molecule has 2 aromatic rings. The number of nitrogens with two attached hydrogens (primary N) is 1. The zero-order valence-electron chi connectivity index (χ0n) is 16.8. The van der Waals surface area contributed by atoms with Crippen molar-refractivity contribution >= 4 is 44.8 Å². The molecule has 8 nitrogen and oxygen atoms in total. The van der Waals surface area contributed by atoms with Gasteiger partial charge in [-0.15, -0.1) is 11.3 Å². The fourth-order valence-corrected chi connectivity index (χ4v) is 5.52. The molecular formula is C21H23N3O5S2. The summed E-state index contributed by atoms with van der Waals surface area (Å²) in [7, 11) is -3.89. The lowest BCUT2D eigenvalue weighted by Gasteiger charge is -2.37. The smallest absolute Gasteiger partial charge is 0.264 e. The van der Waals surface area contributed by atoms with E-state index in [1.807, 2.05) is 5.38 Å². The van der Waals surface area contributed by atoms with Gasteiger partial charge in [-0.05, 0) is 48.6 Å². The molecule has 3 amide bonds. The zero-order valence-corrected chi connectivity index (χ0v) is 18.4. The Hall–Kier alpha value is -2.56. The van der Waals surface area contributed by atoms with Crippen molar-refractivity contribution < 1.29 is 22.8 Å². The van der Waals surface area contributed by atoms with Gasteiger partial charge in [0.2, 0.25) is 15.9 Å². The lowest BCUT2D eigenvalue weighted by Crippen LogP contribution is -2.51. The number of benzene rings is 1. The highest BCUT2D eigenvalue weighted by Crippen LogP contribution is 2.33. The van der Waals surface area contributed by atoms with Crippen LogP contribution in [0.4, 0.5) is 5.69 Å². The first-order chi connectivity index (χ1) is 14.8. The van der Waals surface area contributed by atoms with E-state index in [4.69, 9.17) is 5.14 Å². The number of sulfonamides is 1.